The van der Waals surface area contributed by atoms with Gasteiger partial charge in [0.2, 0.25) is 0 Å². The van der Waals surface area contributed by atoms with E-state index in [4.69, 9.17) is 11.6 Å². The molecule has 1 aliphatic rings. The predicted octanol–water partition coefficient (Wildman–Crippen LogP) is 4.42. The van der Waals surface area contributed by atoms with Crippen LogP contribution in [0.1, 0.15) is 23.6 Å². The molecule has 0 aromatic heterocycles. The average molecular weight is 296 g/mol. The van der Waals surface area contributed by atoms with Crippen LogP contribution >= 0.6 is 11.6 Å². The molecule has 0 fully saturated rings. The number of nitrogens with zero attached hydrogens (tertiary/aromatic N) is 1. The molecular weight excluding hydrogens is 278 g/mol. The van der Waals surface area contributed by atoms with Gasteiger partial charge in [0.25, 0.3) is 0 Å². The molecule has 0 radical (unpaired) electrons. The third-order valence-corrected chi connectivity index (χ3v) is 4.02. The maximum Gasteiger partial charge on any atom is 0.116 e. The first kappa shape index (κ1) is 14.0. The molecule has 0 spiro atoms. The van der Waals surface area contributed by atoms with E-state index in [-0.39, 0.29) is 6.04 Å². The Hall–Kier alpha value is -1.91. The van der Waals surface area contributed by atoms with Crippen LogP contribution in [0.15, 0.2) is 54.6 Å². The molecule has 0 aliphatic carbocycles. The molecule has 21 heavy (non-hydrogen) atoms. The van der Waals surface area contributed by atoms with Gasteiger partial charge in [0.1, 0.15) is 6.04 Å². The number of hydrogen-bond acceptors (Lipinski definition) is 1. The standard InChI is InChI=1S/C19H18ClN/c20-14-7-6-12-19-18-11-5-4-8-16(18)13-15-21(19)17-9-2-1-3-10-17/h1-5,8-11,19H,7,13-15H2. The zero-order valence-electron chi connectivity index (χ0n) is 11.9. The summed E-state index contributed by atoms with van der Waals surface area (Å²) in [5.41, 5.74) is 3.97. The van der Waals surface area contributed by atoms with E-state index >= 15 is 0 Å². The van der Waals surface area contributed by atoms with Crippen molar-refractivity contribution >= 4 is 17.3 Å². The third-order valence-electron chi connectivity index (χ3n) is 3.83. The minimum absolute atomic E-state index is 0.126. The molecule has 2 aromatic carbocycles. The van der Waals surface area contributed by atoms with Gasteiger partial charge in [0, 0.05) is 24.5 Å². The lowest BCUT2D eigenvalue weighted by atomic mass is 9.92. The predicted molar refractivity (Wildman–Crippen MR) is 89.8 cm³/mol. The highest BCUT2D eigenvalue weighted by molar-refractivity contribution is 6.18. The van der Waals surface area contributed by atoms with Gasteiger partial charge in [-0.25, -0.2) is 0 Å². The van der Waals surface area contributed by atoms with E-state index in [1.807, 2.05) is 0 Å². The number of alkyl halides is 1. The first-order chi connectivity index (χ1) is 10.4. The lowest BCUT2D eigenvalue weighted by molar-refractivity contribution is 0.681. The molecule has 0 amide bonds. The summed E-state index contributed by atoms with van der Waals surface area (Å²) in [6.45, 7) is 1.00. The van der Waals surface area contributed by atoms with E-state index in [0.29, 0.717) is 5.88 Å². The van der Waals surface area contributed by atoms with Gasteiger partial charge in [-0.2, -0.15) is 0 Å². The largest absolute Gasteiger partial charge is 0.353 e. The molecule has 1 atom stereocenters. The van der Waals surface area contributed by atoms with Crippen LogP contribution in [0.2, 0.25) is 0 Å². The summed E-state index contributed by atoms with van der Waals surface area (Å²) >= 11 is 5.76. The normalized spacial score (nSPS) is 16.8. The van der Waals surface area contributed by atoms with Gasteiger partial charge < -0.3 is 4.90 Å². The van der Waals surface area contributed by atoms with Gasteiger partial charge in [0.15, 0.2) is 0 Å². The highest BCUT2D eigenvalue weighted by Gasteiger charge is 2.25. The van der Waals surface area contributed by atoms with Crippen LogP contribution in [0.3, 0.4) is 0 Å². The molecule has 3 rings (SSSR count). The third kappa shape index (κ3) is 3.06. The second-order valence-electron chi connectivity index (χ2n) is 5.14. The zero-order chi connectivity index (χ0) is 14.5. The first-order valence-corrected chi connectivity index (χ1v) is 7.87. The van der Waals surface area contributed by atoms with Gasteiger partial charge in [-0.05, 0) is 29.7 Å². The molecule has 1 heterocycles. The average Bonchev–Trinajstić information content (AvgIpc) is 2.56. The Morgan fingerprint density at radius 2 is 1.81 bits per heavy atom. The minimum atomic E-state index is 0.126. The minimum Gasteiger partial charge on any atom is -0.353 e. The summed E-state index contributed by atoms with van der Waals surface area (Å²) in [6.07, 6.45) is 1.81. The van der Waals surface area contributed by atoms with Gasteiger partial charge in [-0.1, -0.05) is 54.3 Å². The molecule has 0 N–H and O–H groups in total. The molecule has 0 bridgehead atoms. The van der Waals surface area contributed by atoms with Crippen LogP contribution in [-0.4, -0.2) is 12.4 Å². The Bertz CT molecular complexity index is 654. The zero-order valence-corrected chi connectivity index (χ0v) is 12.7. The Balaban J connectivity index is 1.99. The SMILES string of the molecule is ClCCC#CC1c2ccccc2CCN1c1ccccc1. The Kier molecular flexibility index (Phi) is 4.48. The number of anilines is 1. The molecule has 1 aliphatic heterocycles. The first-order valence-electron chi connectivity index (χ1n) is 7.34. The smallest absolute Gasteiger partial charge is 0.116 e. The van der Waals surface area contributed by atoms with Gasteiger partial charge in [-0.3, -0.25) is 0 Å². The lowest BCUT2D eigenvalue weighted by Gasteiger charge is -2.36. The van der Waals surface area contributed by atoms with Crippen molar-refractivity contribution in [2.75, 3.05) is 17.3 Å². The number of hydrogen-bond donors (Lipinski definition) is 0. The van der Waals surface area contributed by atoms with E-state index in [2.05, 4.69) is 71.3 Å². The second-order valence-corrected chi connectivity index (χ2v) is 5.52. The quantitative estimate of drug-likeness (QED) is 0.585. The van der Waals surface area contributed by atoms with Crippen molar-refractivity contribution in [3.05, 3.63) is 65.7 Å². The summed E-state index contributed by atoms with van der Waals surface area (Å²) in [6, 6.07) is 19.3. The monoisotopic (exact) mass is 295 g/mol. The van der Waals surface area contributed by atoms with Crippen molar-refractivity contribution in [1.29, 1.82) is 0 Å². The van der Waals surface area contributed by atoms with E-state index in [1.54, 1.807) is 0 Å². The van der Waals surface area contributed by atoms with E-state index < -0.39 is 0 Å². The number of benzene rings is 2. The van der Waals surface area contributed by atoms with Gasteiger partial charge >= 0.3 is 0 Å². The van der Waals surface area contributed by atoms with Crippen LogP contribution in [0.5, 0.6) is 0 Å². The van der Waals surface area contributed by atoms with Crippen LogP contribution in [0.4, 0.5) is 5.69 Å². The van der Waals surface area contributed by atoms with Crippen LogP contribution in [0, 0.1) is 11.8 Å². The topological polar surface area (TPSA) is 3.24 Å². The Morgan fingerprint density at radius 3 is 2.62 bits per heavy atom. The molecule has 1 unspecified atom stereocenters. The summed E-state index contributed by atoms with van der Waals surface area (Å²) in [7, 11) is 0. The van der Waals surface area contributed by atoms with E-state index in [9.17, 15) is 0 Å². The fourth-order valence-electron chi connectivity index (χ4n) is 2.84. The Labute approximate surface area is 131 Å². The van der Waals surface area contributed by atoms with Crippen molar-refractivity contribution < 1.29 is 0 Å². The number of para-hydroxylation sites is 1. The molecular formula is C19H18ClN. The molecule has 0 saturated heterocycles. The highest BCUT2D eigenvalue weighted by atomic mass is 35.5. The molecule has 2 heteroatoms. The Morgan fingerprint density at radius 1 is 1.05 bits per heavy atom. The van der Waals surface area contributed by atoms with Crippen LogP contribution < -0.4 is 4.90 Å². The van der Waals surface area contributed by atoms with Crippen molar-refractivity contribution in [1.82, 2.24) is 0 Å². The fraction of sp³-hybridized carbons (Fsp3) is 0.263. The van der Waals surface area contributed by atoms with Crippen molar-refractivity contribution in [3.8, 4) is 11.8 Å². The molecule has 1 nitrogen and oxygen atoms in total. The van der Waals surface area contributed by atoms with Crippen molar-refractivity contribution in [2.45, 2.75) is 18.9 Å². The molecule has 106 valence electrons. The van der Waals surface area contributed by atoms with Crippen molar-refractivity contribution in [3.63, 3.8) is 0 Å². The van der Waals surface area contributed by atoms with Gasteiger partial charge in [-0.15, -0.1) is 11.6 Å². The lowest BCUT2D eigenvalue weighted by Crippen LogP contribution is -2.34. The summed E-state index contributed by atoms with van der Waals surface area (Å²) in [5, 5.41) is 0. The van der Waals surface area contributed by atoms with Crippen molar-refractivity contribution in [2.24, 2.45) is 0 Å². The highest BCUT2D eigenvalue weighted by Crippen LogP contribution is 2.33. The summed E-state index contributed by atoms with van der Waals surface area (Å²) < 4.78 is 0. The number of halogens is 1. The number of fused-ring (bicyclic) bond motifs is 1. The van der Waals surface area contributed by atoms with Gasteiger partial charge in [0.05, 0.1) is 0 Å². The molecule has 2 aromatic rings. The second kappa shape index (κ2) is 6.70. The maximum absolute atomic E-state index is 5.76. The maximum atomic E-state index is 5.76. The van der Waals surface area contributed by atoms with E-state index in [0.717, 1.165) is 19.4 Å². The van der Waals surface area contributed by atoms with E-state index in [1.165, 1.54) is 16.8 Å². The molecule has 0 saturated carbocycles. The summed E-state index contributed by atoms with van der Waals surface area (Å²) in [4.78, 5) is 2.39. The number of rotatable bonds is 2. The fourth-order valence-corrected chi connectivity index (χ4v) is 2.93. The van der Waals surface area contributed by atoms with Crippen LogP contribution in [0.25, 0.3) is 0 Å². The van der Waals surface area contributed by atoms with Crippen LogP contribution in [-0.2, 0) is 6.42 Å². The summed E-state index contributed by atoms with van der Waals surface area (Å²) in [5.74, 6) is 7.23.